The van der Waals surface area contributed by atoms with E-state index >= 15 is 0 Å². The fraction of sp³-hybridized carbons (Fsp3) is 0.800. The highest BCUT2D eigenvalue weighted by Crippen LogP contribution is 2.15. The van der Waals surface area contributed by atoms with Crippen LogP contribution in [0.4, 0.5) is 0 Å². The third-order valence-electron chi connectivity index (χ3n) is 2.84. The molecule has 7 nitrogen and oxygen atoms in total. The van der Waals surface area contributed by atoms with Crippen LogP contribution in [0.2, 0.25) is 0 Å². The van der Waals surface area contributed by atoms with Gasteiger partial charge in [0, 0.05) is 0 Å². The molecule has 0 aromatic carbocycles. The van der Waals surface area contributed by atoms with Gasteiger partial charge in [-0.2, -0.15) is 0 Å². The van der Waals surface area contributed by atoms with E-state index in [1.807, 2.05) is 13.8 Å². The van der Waals surface area contributed by atoms with Gasteiger partial charge in [0.15, 0.2) is 0 Å². The Morgan fingerprint density at radius 1 is 1.09 bits per heavy atom. The molecule has 128 valence electrons. The summed E-state index contributed by atoms with van der Waals surface area (Å²) in [6, 6.07) is -1.51. The summed E-state index contributed by atoms with van der Waals surface area (Å²) in [5, 5.41) is 2.53. The van der Waals surface area contributed by atoms with Crippen LogP contribution in [0.1, 0.15) is 48.0 Å². The Balaban J connectivity index is 4.73. The zero-order chi connectivity index (χ0) is 17.5. The first-order valence-corrected chi connectivity index (χ1v) is 7.34. The first-order valence-electron chi connectivity index (χ1n) is 7.34. The predicted molar refractivity (Wildman–Crippen MR) is 81.5 cm³/mol. The van der Waals surface area contributed by atoms with E-state index in [9.17, 15) is 14.4 Å². The lowest BCUT2D eigenvalue weighted by Crippen LogP contribution is -2.50. The Labute approximate surface area is 132 Å². The second-order valence-corrected chi connectivity index (χ2v) is 6.69. The van der Waals surface area contributed by atoms with Gasteiger partial charge in [-0.1, -0.05) is 13.8 Å². The molecule has 2 atom stereocenters. The second-order valence-electron chi connectivity index (χ2n) is 6.69. The second kappa shape index (κ2) is 8.73. The molecule has 0 radical (unpaired) electrons. The summed E-state index contributed by atoms with van der Waals surface area (Å²) in [5.74, 6) is -1.23. The van der Waals surface area contributed by atoms with Gasteiger partial charge < -0.3 is 14.9 Å². The quantitative estimate of drug-likeness (QED) is 0.541. The van der Waals surface area contributed by atoms with Crippen LogP contribution in [0.5, 0.6) is 0 Å². The molecule has 0 rings (SSSR count). The lowest BCUT2D eigenvalue weighted by Gasteiger charge is -2.23. The van der Waals surface area contributed by atoms with Gasteiger partial charge in [0.2, 0.25) is 5.91 Å². The Hall–Kier alpha value is -1.63. The largest absolute Gasteiger partial charge is 0.467 e. The summed E-state index contributed by atoms with van der Waals surface area (Å²) in [6.45, 7) is 10.6. The van der Waals surface area contributed by atoms with Gasteiger partial charge in [-0.3, -0.25) is 4.79 Å². The topological polar surface area (TPSA) is 93.7 Å². The molecule has 0 fully saturated rings. The SMILES string of the molecule is COC(=O)[C@H](C)NC(=O)[C@@H](CC(C)C)NOC(=O)C(C)(C)C. The van der Waals surface area contributed by atoms with Crippen molar-refractivity contribution in [3.05, 3.63) is 0 Å². The molecule has 0 spiro atoms. The van der Waals surface area contributed by atoms with Gasteiger partial charge in [-0.05, 0) is 40.0 Å². The van der Waals surface area contributed by atoms with Crippen LogP contribution in [0.25, 0.3) is 0 Å². The van der Waals surface area contributed by atoms with E-state index in [0.29, 0.717) is 6.42 Å². The molecule has 0 aliphatic rings. The van der Waals surface area contributed by atoms with Crippen molar-refractivity contribution in [2.75, 3.05) is 7.11 Å². The Morgan fingerprint density at radius 2 is 1.64 bits per heavy atom. The number of esters is 1. The molecule has 0 saturated heterocycles. The minimum atomic E-state index is -0.771. The number of methoxy groups -OCH3 is 1. The molecular weight excluding hydrogens is 288 g/mol. The van der Waals surface area contributed by atoms with Crippen molar-refractivity contribution >= 4 is 17.8 Å². The standard InChI is InChI=1S/C15H28N2O5/c1-9(2)8-11(17-22-14(20)15(4,5)6)12(18)16-10(3)13(19)21-7/h9-11,17H,8H2,1-7H3,(H,16,18)/t10-,11+/m0/s1. The molecule has 0 unspecified atom stereocenters. The molecule has 0 aromatic rings. The van der Waals surface area contributed by atoms with E-state index < -0.39 is 35.3 Å². The molecule has 0 saturated carbocycles. The van der Waals surface area contributed by atoms with Crippen LogP contribution in [-0.4, -0.2) is 37.0 Å². The minimum Gasteiger partial charge on any atom is -0.467 e. The third kappa shape index (κ3) is 7.40. The van der Waals surface area contributed by atoms with E-state index in [0.717, 1.165) is 0 Å². The van der Waals surface area contributed by atoms with E-state index in [2.05, 4.69) is 15.5 Å². The number of amides is 1. The number of hydrogen-bond donors (Lipinski definition) is 2. The average molecular weight is 316 g/mol. The van der Waals surface area contributed by atoms with Crippen LogP contribution in [0.15, 0.2) is 0 Å². The molecule has 22 heavy (non-hydrogen) atoms. The summed E-state index contributed by atoms with van der Waals surface area (Å²) in [7, 11) is 1.25. The van der Waals surface area contributed by atoms with Crippen LogP contribution in [0, 0.1) is 11.3 Å². The zero-order valence-electron chi connectivity index (χ0n) is 14.5. The zero-order valence-corrected chi connectivity index (χ0v) is 14.5. The summed E-state index contributed by atoms with van der Waals surface area (Å²) in [4.78, 5) is 40.3. The van der Waals surface area contributed by atoms with Gasteiger partial charge in [-0.25, -0.2) is 9.59 Å². The van der Waals surface area contributed by atoms with Crippen LogP contribution in [-0.2, 0) is 24.0 Å². The predicted octanol–water partition coefficient (Wildman–Crippen LogP) is 1.17. The van der Waals surface area contributed by atoms with Crippen molar-refractivity contribution in [1.29, 1.82) is 0 Å². The van der Waals surface area contributed by atoms with Crippen molar-refractivity contribution in [2.24, 2.45) is 11.3 Å². The van der Waals surface area contributed by atoms with E-state index in [1.54, 1.807) is 20.8 Å². The van der Waals surface area contributed by atoms with Gasteiger partial charge in [0.05, 0.1) is 12.5 Å². The lowest BCUT2D eigenvalue weighted by molar-refractivity contribution is -0.164. The number of carbonyl (C=O) groups is 3. The summed E-state index contributed by atoms with van der Waals surface area (Å²) in [6.07, 6.45) is 0.456. The maximum absolute atomic E-state index is 12.2. The van der Waals surface area contributed by atoms with Gasteiger partial charge in [0.1, 0.15) is 12.1 Å². The number of nitrogens with one attached hydrogen (secondary N) is 2. The molecule has 0 aromatic heterocycles. The lowest BCUT2D eigenvalue weighted by atomic mass is 9.98. The maximum atomic E-state index is 12.2. The number of hydrogen-bond acceptors (Lipinski definition) is 6. The fourth-order valence-corrected chi connectivity index (χ4v) is 1.51. The Morgan fingerprint density at radius 3 is 2.05 bits per heavy atom. The van der Waals surface area contributed by atoms with Gasteiger partial charge >= 0.3 is 11.9 Å². The summed E-state index contributed by atoms with van der Waals surface area (Å²) >= 11 is 0. The van der Waals surface area contributed by atoms with E-state index in [-0.39, 0.29) is 5.92 Å². The minimum absolute atomic E-state index is 0.199. The molecule has 0 aliphatic heterocycles. The van der Waals surface area contributed by atoms with E-state index in [1.165, 1.54) is 14.0 Å². The highest BCUT2D eigenvalue weighted by atomic mass is 16.7. The number of hydroxylamine groups is 1. The molecular formula is C15H28N2O5. The monoisotopic (exact) mass is 316 g/mol. The first kappa shape index (κ1) is 20.4. The van der Waals surface area contributed by atoms with Crippen molar-refractivity contribution in [2.45, 2.75) is 60.0 Å². The third-order valence-corrected chi connectivity index (χ3v) is 2.84. The van der Waals surface area contributed by atoms with Crippen molar-refractivity contribution in [3.63, 3.8) is 0 Å². The average Bonchev–Trinajstić information content (AvgIpc) is 2.40. The number of carbonyl (C=O) groups excluding carboxylic acids is 3. The van der Waals surface area contributed by atoms with E-state index in [4.69, 9.17) is 4.84 Å². The fourth-order valence-electron chi connectivity index (χ4n) is 1.51. The first-order chi connectivity index (χ1) is 9.98. The van der Waals surface area contributed by atoms with Gasteiger partial charge in [0.25, 0.3) is 0 Å². The van der Waals surface area contributed by atoms with Crippen LogP contribution in [0.3, 0.4) is 0 Å². The van der Waals surface area contributed by atoms with Crippen molar-refractivity contribution in [3.8, 4) is 0 Å². The molecule has 2 N–H and O–H groups in total. The number of rotatable bonds is 7. The Bertz CT molecular complexity index is 401. The Kier molecular flexibility index (Phi) is 8.08. The molecule has 1 amide bonds. The molecule has 0 heterocycles. The summed E-state index contributed by atoms with van der Waals surface area (Å²) < 4.78 is 4.56. The maximum Gasteiger partial charge on any atom is 0.330 e. The molecule has 7 heteroatoms. The molecule has 0 bridgehead atoms. The van der Waals surface area contributed by atoms with Crippen LogP contribution >= 0.6 is 0 Å². The highest BCUT2D eigenvalue weighted by molar-refractivity contribution is 5.87. The van der Waals surface area contributed by atoms with Gasteiger partial charge in [-0.15, -0.1) is 5.48 Å². The van der Waals surface area contributed by atoms with Crippen LogP contribution < -0.4 is 10.8 Å². The normalized spacial score (nSPS) is 14.2. The molecule has 0 aliphatic carbocycles. The van der Waals surface area contributed by atoms with Crippen molar-refractivity contribution in [1.82, 2.24) is 10.8 Å². The number of ether oxygens (including phenoxy) is 1. The summed E-state index contributed by atoms with van der Waals surface area (Å²) in [5.41, 5.74) is 1.83. The van der Waals surface area contributed by atoms with Crippen molar-refractivity contribution < 1.29 is 24.0 Å². The smallest absolute Gasteiger partial charge is 0.330 e. The highest BCUT2D eigenvalue weighted by Gasteiger charge is 2.28.